The maximum Gasteiger partial charge on any atom is 1.00 e. The van der Waals surface area contributed by atoms with E-state index in [0.29, 0.717) is 0 Å². The van der Waals surface area contributed by atoms with Crippen molar-refractivity contribution in [2.75, 3.05) is 0 Å². The van der Waals surface area contributed by atoms with Gasteiger partial charge < -0.3 is 9.90 Å². The number of hydrogen-bond acceptors (Lipinski definition) is 3. The van der Waals surface area contributed by atoms with Crippen LogP contribution in [-0.2, 0) is 0 Å². The van der Waals surface area contributed by atoms with Crippen LogP contribution in [0.25, 0.3) is 0 Å². The average molecular weight is 324 g/mol. The molecular formula is C5HBr2KO2S. The summed E-state index contributed by atoms with van der Waals surface area (Å²) in [6.07, 6.45) is 0. The Labute approximate surface area is 127 Å². The molecule has 0 aromatic carbocycles. The molecule has 1 aromatic rings. The van der Waals surface area contributed by atoms with Crippen LogP contribution in [-0.4, -0.2) is 5.97 Å². The maximum atomic E-state index is 10.2. The number of carbonyl (C=O) groups excluding carboxylic acids is 1. The smallest absolute Gasteiger partial charge is 0.544 e. The Morgan fingerprint density at radius 3 is 2.27 bits per heavy atom. The monoisotopic (exact) mass is 322 g/mol. The zero-order valence-electron chi connectivity index (χ0n) is 5.56. The van der Waals surface area contributed by atoms with Crippen molar-refractivity contribution in [3.05, 3.63) is 19.2 Å². The van der Waals surface area contributed by atoms with E-state index >= 15 is 0 Å². The number of carboxylic acid groups (broad SMARTS) is 1. The largest absolute Gasteiger partial charge is 1.00 e. The van der Waals surface area contributed by atoms with Gasteiger partial charge in [0.1, 0.15) is 0 Å². The molecule has 6 heteroatoms. The number of halogens is 2. The number of carboxylic acids is 1. The van der Waals surface area contributed by atoms with Gasteiger partial charge in [-0.2, -0.15) is 0 Å². The van der Waals surface area contributed by atoms with Gasteiger partial charge in [0.2, 0.25) is 0 Å². The summed E-state index contributed by atoms with van der Waals surface area (Å²) >= 11 is 7.45. The third-order valence-electron chi connectivity index (χ3n) is 0.846. The third-order valence-corrected chi connectivity index (χ3v) is 4.08. The average Bonchev–Trinajstić information content (AvgIpc) is 2.13. The van der Waals surface area contributed by atoms with Crippen LogP contribution >= 0.6 is 43.2 Å². The molecule has 1 rings (SSSR count). The molecule has 0 aliphatic rings. The summed E-state index contributed by atoms with van der Waals surface area (Å²) in [7, 11) is 0. The van der Waals surface area contributed by atoms with Gasteiger partial charge >= 0.3 is 51.4 Å². The van der Waals surface area contributed by atoms with Gasteiger partial charge in [-0.25, -0.2) is 0 Å². The van der Waals surface area contributed by atoms with Gasteiger partial charge in [-0.1, -0.05) is 0 Å². The maximum absolute atomic E-state index is 10.2. The molecule has 0 N–H and O–H groups in total. The van der Waals surface area contributed by atoms with Crippen LogP contribution in [0.15, 0.2) is 14.3 Å². The Morgan fingerprint density at radius 1 is 1.55 bits per heavy atom. The van der Waals surface area contributed by atoms with Crippen molar-refractivity contribution < 1.29 is 61.3 Å². The fraction of sp³-hybridized carbons (Fsp3) is 0. The summed E-state index contributed by atoms with van der Waals surface area (Å²) in [5.74, 6) is -1.14. The Morgan fingerprint density at radius 2 is 2.09 bits per heavy atom. The summed E-state index contributed by atoms with van der Waals surface area (Å²) in [5, 5.41) is 10.2. The third kappa shape index (κ3) is 3.56. The van der Waals surface area contributed by atoms with Gasteiger partial charge in [0.15, 0.2) is 0 Å². The molecule has 0 spiro atoms. The van der Waals surface area contributed by atoms with Crippen LogP contribution in [0, 0.1) is 0 Å². The van der Waals surface area contributed by atoms with E-state index in [-0.39, 0.29) is 56.3 Å². The van der Waals surface area contributed by atoms with E-state index in [1.54, 1.807) is 0 Å². The van der Waals surface area contributed by atoms with Crippen LogP contribution in [0.4, 0.5) is 0 Å². The van der Waals surface area contributed by atoms with Gasteiger partial charge in [-0.15, -0.1) is 11.3 Å². The van der Waals surface area contributed by atoms with Crippen LogP contribution in [0.1, 0.15) is 9.67 Å². The molecule has 1 aromatic heterocycles. The molecule has 0 atom stereocenters. The topological polar surface area (TPSA) is 40.1 Å². The van der Waals surface area contributed by atoms with Gasteiger partial charge in [-0.3, -0.25) is 0 Å². The van der Waals surface area contributed by atoms with E-state index in [0.717, 1.165) is 19.6 Å². The molecule has 0 bridgehead atoms. The predicted octanol–water partition coefficient (Wildman–Crippen LogP) is -1.36. The molecule has 0 saturated carbocycles. The minimum atomic E-state index is -1.14. The van der Waals surface area contributed by atoms with E-state index in [1.807, 2.05) is 0 Å². The van der Waals surface area contributed by atoms with Gasteiger partial charge in [0, 0.05) is 4.47 Å². The first-order valence-corrected chi connectivity index (χ1v) is 4.67. The van der Waals surface area contributed by atoms with Crippen LogP contribution in [0.2, 0.25) is 0 Å². The molecule has 0 amide bonds. The van der Waals surface area contributed by atoms with Gasteiger partial charge in [0.05, 0.1) is 14.6 Å². The summed E-state index contributed by atoms with van der Waals surface area (Å²) in [6, 6.07) is 1.50. The number of carbonyl (C=O) groups is 1. The quantitative estimate of drug-likeness (QED) is 0.599. The van der Waals surface area contributed by atoms with Crippen molar-refractivity contribution in [3.63, 3.8) is 0 Å². The molecule has 54 valence electrons. The number of hydrogen-bond donors (Lipinski definition) is 0. The Hall–Kier alpha value is 1.77. The SMILES string of the molecule is O=C([O-])c1cc(Br)c(Br)s1.[K+]. The van der Waals surface area contributed by atoms with E-state index < -0.39 is 5.97 Å². The van der Waals surface area contributed by atoms with E-state index in [4.69, 9.17) is 0 Å². The van der Waals surface area contributed by atoms with Crippen LogP contribution in [0.3, 0.4) is 0 Å². The zero-order valence-corrected chi connectivity index (χ0v) is 12.7. The van der Waals surface area contributed by atoms with Crippen molar-refractivity contribution in [2.45, 2.75) is 0 Å². The van der Waals surface area contributed by atoms with Crippen LogP contribution < -0.4 is 56.5 Å². The fourth-order valence-corrected chi connectivity index (χ4v) is 2.32. The molecule has 0 fully saturated rings. The summed E-state index contributed by atoms with van der Waals surface area (Å²) < 4.78 is 1.52. The Balaban J connectivity index is 0.000001000. The van der Waals surface area contributed by atoms with Crippen molar-refractivity contribution >= 4 is 49.2 Å². The predicted molar refractivity (Wildman–Crippen MR) is 44.0 cm³/mol. The molecule has 0 aliphatic carbocycles. The van der Waals surface area contributed by atoms with Crippen molar-refractivity contribution in [1.29, 1.82) is 0 Å². The second kappa shape index (κ2) is 5.49. The van der Waals surface area contributed by atoms with Gasteiger partial charge in [0.25, 0.3) is 0 Å². The summed E-state index contributed by atoms with van der Waals surface area (Å²) in [6.45, 7) is 0. The minimum Gasteiger partial charge on any atom is -0.544 e. The molecule has 0 unspecified atom stereocenters. The molecule has 0 aliphatic heterocycles. The number of aromatic carboxylic acids is 1. The normalized spacial score (nSPS) is 8.91. The zero-order chi connectivity index (χ0) is 7.72. The second-order valence-corrected chi connectivity index (χ2v) is 4.74. The van der Waals surface area contributed by atoms with Gasteiger partial charge in [-0.05, 0) is 37.9 Å². The summed E-state index contributed by atoms with van der Waals surface area (Å²) in [5.41, 5.74) is 0. The second-order valence-electron chi connectivity index (χ2n) is 1.52. The molecule has 1 heterocycles. The van der Waals surface area contributed by atoms with Crippen molar-refractivity contribution in [2.24, 2.45) is 0 Å². The minimum absolute atomic E-state index is 0. The molecule has 0 saturated heterocycles. The first-order chi connectivity index (χ1) is 4.61. The standard InChI is InChI=1S/C5H2Br2O2S.K/c6-2-1-3(5(8)9)10-4(2)7;/h1H,(H,8,9);/q;+1/p-1. The fourth-order valence-electron chi connectivity index (χ4n) is 0.447. The molecule has 0 radical (unpaired) electrons. The first-order valence-electron chi connectivity index (χ1n) is 2.27. The molecule has 2 nitrogen and oxygen atoms in total. The van der Waals surface area contributed by atoms with E-state index in [1.165, 1.54) is 6.07 Å². The Kier molecular flexibility index (Phi) is 6.37. The molecule has 11 heavy (non-hydrogen) atoms. The first kappa shape index (κ1) is 12.8. The van der Waals surface area contributed by atoms with E-state index in [9.17, 15) is 9.90 Å². The molecular weight excluding hydrogens is 323 g/mol. The van der Waals surface area contributed by atoms with E-state index in [2.05, 4.69) is 31.9 Å². The van der Waals surface area contributed by atoms with Crippen molar-refractivity contribution in [1.82, 2.24) is 0 Å². The van der Waals surface area contributed by atoms with Crippen LogP contribution in [0.5, 0.6) is 0 Å². The Bertz CT molecular complexity index is 254. The summed E-state index contributed by atoms with van der Waals surface area (Å²) in [4.78, 5) is 10.4. The van der Waals surface area contributed by atoms with Crippen molar-refractivity contribution in [3.8, 4) is 0 Å². The number of rotatable bonds is 1. The number of thiophene rings is 1.